The molecule has 1 amide bonds. The van der Waals surface area contributed by atoms with E-state index < -0.39 is 0 Å². The van der Waals surface area contributed by atoms with Crippen molar-refractivity contribution in [2.75, 3.05) is 6.61 Å². The molecule has 0 aliphatic rings. The van der Waals surface area contributed by atoms with Crippen molar-refractivity contribution in [3.05, 3.63) is 77.2 Å². The summed E-state index contributed by atoms with van der Waals surface area (Å²) in [6.45, 7) is 3.72. The minimum absolute atomic E-state index is 0.105. The van der Waals surface area contributed by atoms with Crippen molar-refractivity contribution in [2.45, 2.75) is 32.7 Å². The first-order valence-corrected chi connectivity index (χ1v) is 8.99. The van der Waals surface area contributed by atoms with Gasteiger partial charge in [-0.25, -0.2) is 9.67 Å². The molecule has 0 saturated heterocycles. The Labute approximate surface area is 158 Å². The lowest BCUT2D eigenvalue weighted by Crippen LogP contribution is -2.40. The van der Waals surface area contributed by atoms with Crippen molar-refractivity contribution in [3.8, 4) is 5.82 Å². The van der Waals surface area contributed by atoms with Crippen LogP contribution in [0.4, 0.5) is 0 Å². The molecule has 0 unspecified atom stereocenters. The quantitative estimate of drug-likeness (QED) is 0.673. The number of rotatable bonds is 7. The number of hydrogen-bond donors (Lipinski definition) is 2. The summed E-state index contributed by atoms with van der Waals surface area (Å²) in [4.78, 5) is 16.9. The molecule has 0 bridgehead atoms. The fraction of sp³-hybridized carbons (Fsp3) is 0.286. The molecule has 0 radical (unpaired) electrons. The molecule has 0 saturated carbocycles. The Morgan fingerprint density at radius 1 is 1.15 bits per heavy atom. The highest BCUT2D eigenvalue weighted by molar-refractivity contribution is 5.79. The third kappa shape index (κ3) is 4.60. The van der Waals surface area contributed by atoms with Gasteiger partial charge in [0.2, 0.25) is 5.91 Å². The predicted molar refractivity (Wildman–Crippen MR) is 104 cm³/mol. The van der Waals surface area contributed by atoms with Gasteiger partial charge in [-0.3, -0.25) is 4.79 Å². The fourth-order valence-corrected chi connectivity index (χ4v) is 3.13. The molecule has 2 N–H and O–H groups in total. The van der Waals surface area contributed by atoms with Crippen molar-refractivity contribution < 1.29 is 9.90 Å². The number of nitrogens with one attached hydrogen (secondary N) is 1. The number of benzene rings is 1. The van der Waals surface area contributed by atoms with Gasteiger partial charge in [0.05, 0.1) is 24.8 Å². The Morgan fingerprint density at radius 3 is 2.56 bits per heavy atom. The molecule has 3 rings (SSSR count). The van der Waals surface area contributed by atoms with Gasteiger partial charge >= 0.3 is 0 Å². The number of pyridine rings is 1. The maximum atomic E-state index is 12.5. The van der Waals surface area contributed by atoms with Gasteiger partial charge in [0.25, 0.3) is 0 Å². The average molecular weight is 364 g/mol. The summed E-state index contributed by atoms with van der Waals surface area (Å²) in [5.41, 5.74) is 3.66. The minimum atomic E-state index is -0.314. The van der Waals surface area contributed by atoms with E-state index in [-0.39, 0.29) is 25.0 Å². The molecule has 2 heterocycles. The topological polar surface area (TPSA) is 80.0 Å². The van der Waals surface area contributed by atoms with Gasteiger partial charge in [-0.15, -0.1) is 0 Å². The standard InChI is InChI=1S/C21H24N4O2/c1-15-19(16(2)25(24-15)20-10-6-7-11-22-20)13-21(27)23-18(14-26)12-17-8-4-3-5-9-17/h3-11,18,26H,12-14H2,1-2H3,(H,23,27)/t18-/m1/s1. The highest BCUT2D eigenvalue weighted by atomic mass is 16.3. The normalized spacial score (nSPS) is 12.0. The first kappa shape index (κ1) is 18.8. The first-order chi connectivity index (χ1) is 13.1. The zero-order valence-electron chi connectivity index (χ0n) is 15.6. The van der Waals surface area contributed by atoms with Gasteiger partial charge < -0.3 is 10.4 Å². The first-order valence-electron chi connectivity index (χ1n) is 8.99. The number of carbonyl (C=O) groups excluding carboxylic acids is 1. The smallest absolute Gasteiger partial charge is 0.224 e. The summed E-state index contributed by atoms with van der Waals surface area (Å²) in [5.74, 6) is 0.596. The van der Waals surface area contributed by atoms with Crippen LogP contribution < -0.4 is 5.32 Å². The third-order valence-corrected chi connectivity index (χ3v) is 4.56. The van der Waals surface area contributed by atoms with Crippen LogP contribution in [0.15, 0.2) is 54.7 Å². The predicted octanol–water partition coefficient (Wildman–Crippen LogP) is 2.15. The molecule has 0 spiro atoms. The van der Waals surface area contributed by atoms with E-state index in [0.29, 0.717) is 6.42 Å². The zero-order valence-corrected chi connectivity index (χ0v) is 15.6. The summed E-state index contributed by atoms with van der Waals surface area (Å²) in [6.07, 6.45) is 2.53. The van der Waals surface area contributed by atoms with Gasteiger partial charge in [-0.05, 0) is 38.0 Å². The molecule has 27 heavy (non-hydrogen) atoms. The molecule has 2 aromatic heterocycles. The van der Waals surface area contributed by atoms with E-state index in [0.717, 1.165) is 28.3 Å². The van der Waals surface area contributed by atoms with Crippen LogP contribution in [0.2, 0.25) is 0 Å². The number of aliphatic hydroxyl groups is 1. The molecule has 1 atom stereocenters. The summed E-state index contributed by atoms with van der Waals surface area (Å²) in [6, 6.07) is 15.1. The highest BCUT2D eigenvalue weighted by Crippen LogP contribution is 2.17. The number of aryl methyl sites for hydroxylation is 1. The second-order valence-electron chi connectivity index (χ2n) is 6.56. The van der Waals surface area contributed by atoms with E-state index >= 15 is 0 Å². The number of nitrogens with zero attached hydrogens (tertiary/aromatic N) is 3. The number of aliphatic hydroxyl groups excluding tert-OH is 1. The molecule has 6 heteroatoms. The zero-order chi connectivity index (χ0) is 19.2. The van der Waals surface area contributed by atoms with Gasteiger partial charge in [-0.2, -0.15) is 5.10 Å². The van der Waals surface area contributed by atoms with Crippen LogP contribution in [0.5, 0.6) is 0 Å². The van der Waals surface area contributed by atoms with Gasteiger partial charge in [0.1, 0.15) is 0 Å². The van der Waals surface area contributed by atoms with Gasteiger partial charge in [0, 0.05) is 17.5 Å². The van der Waals surface area contributed by atoms with Crippen molar-refractivity contribution in [1.29, 1.82) is 0 Å². The molecule has 6 nitrogen and oxygen atoms in total. The lowest BCUT2D eigenvalue weighted by molar-refractivity contribution is -0.121. The van der Waals surface area contributed by atoms with E-state index in [1.54, 1.807) is 10.9 Å². The Hall–Kier alpha value is -2.99. The van der Waals surface area contributed by atoms with E-state index in [1.807, 2.05) is 62.4 Å². The van der Waals surface area contributed by atoms with Crippen molar-refractivity contribution in [1.82, 2.24) is 20.1 Å². The summed E-state index contributed by atoms with van der Waals surface area (Å²) in [7, 11) is 0. The van der Waals surface area contributed by atoms with Crippen LogP contribution >= 0.6 is 0 Å². The molecular formula is C21H24N4O2. The second kappa shape index (κ2) is 8.60. The molecule has 0 aliphatic carbocycles. The molecular weight excluding hydrogens is 340 g/mol. The van der Waals surface area contributed by atoms with Crippen molar-refractivity contribution in [2.24, 2.45) is 0 Å². The monoisotopic (exact) mass is 364 g/mol. The number of hydrogen-bond acceptors (Lipinski definition) is 4. The molecule has 1 aromatic carbocycles. The SMILES string of the molecule is Cc1nn(-c2ccccn2)c(C)c1CC(=O)N[C@@H](CO)Cc1ccccc1. The third-order valence-electron chi connectivity index (χ3n) is 4.56. The van der Waals surface area contributed by atoms with E-state index in [2.05, 4.69) is 15.4 Å². The average Bonchev–Trinajstić information content (AvgIpc) is 2.97. The molecule has 0 fully saturated rings. The second-order valence-corrected chi connectivity index (χ2v) is 6.56. The van der Waals surface area contributed by atoms with Gasteiger partial charge in [-0.1, -0.05) is 36.4 Å². The van der Waals surface area contributed by atoms with Gasteiger partial charge in [0.15, 0.2) is 5.82 Å². The Balaban J connectivity index is 1.69. The van der Waals surface area contributed by atoms with E-state index in [4.69, 9.17) is 0 Å². The van der Waals surface area contributed by atoms with Crippen molar-refractivity contribution >= 4 is 5.91 Å². The molecule has 3 aromatic rings. The largest absolute Gasteiger partial charge is 0.394 e. The van der Waals surface area contributed by atoms with Crippen LogP contribution in [-0.2, 0) is 17.6 Å². The number of amides is 1. The summed E-state index contributed by atoms with van der Waals surface area (Å²) in [5, 5.41) is 17.1. The van der Waals surface area contributed by atoms with Crippen LogP contribution in [0.1, 0.15) is 22.5 Å². The number of aromatic nitrogens is 3. The summed E-state index contributed by atoms with van der Waals surface area (Å²) >= 11 is 0. The van der Waals surface area contributed by atoms with Crippen LogP contribution in [-0.4, -0.2) is 38.4 Å². The van der Waals surface area contributed by atoms with E-state index in [9.17, 15) is 9.90 Å². The maximum Gasteiger partial charge on any atom is 0.224 e. The Kier molecular flexibility index (Phi) is 5.98. The van der Waals surface area contributed by atoms with Crippen molar-refractivity contribution in [3.63, 3.8) is 0 Å². The number of carbonyl (C=O) groups is 1. The lowest BCUT2D eigenvalue weighted by atomic mass is 10.1. The minimum Gasteiger partial charge on any atom is -0.394 e. The van der Waals surface area contributed by atoms with E-state index in [1.165, 1.54) is 0 Å². The Bertz CT molecular complexity index is 891. The van der Waals surface area contributed by atoms with Crippen LogP contribution in [0, 0.1) is 13.8 Å². The maximum absolute atomic E-state index is 12.5. The fourth-order valence-electron chi connectivity index (χ4n) is 3.13. The van der Waals surface area contributed by atoms with Crippen LogP contribution in [0.3, 0.4) is 0 Å². The molecule has 140 valence electrons. The van der Waals surface area contributed by atoms with Crippen LogP contribution in [0.25, 0.3) is 5.82 Å². The lowest BCUT2D eigenvalue weighted by Gasteiger charge is -2.16. The highest BCUT2D eigenvalue weighted by Gasteiger charge is 2.18. The Morgan fingerprint density at radius 2 is 1.89 bits per heavy atom. The summed E-state index contributed by atoms with van der Waals surface area (Å²) < 4.78 is 1.76. The molecule has 0 aliphatic heterocycles.